The van der Waals surface area contributed by atoms with Crippen LogP contribution in [0.3, 0.4) is 0 Å². The summed E-state index contributed by atoms with van der Waals surface area (Å²) in [5, 5.41) is 9.08. The molecule has 0 amide bonds. The van der Waals surface area contributed by atoms with E-state index < -0.39 is 15.4 Å². The molecular weight excluding hydrogens is 254 g/mol. The van der Waals surface area contributed by atoms with E-state index >= 15 is 0 Å². The molecule has 2 N–H and O–H groups in total. The summed E-state index contributed by atoms with van der Waals surface area (Å²) in [5.74, 6) is 0.524. The molecule has 0 saturated heterocycles. The van der Waals surface area contributed by atoms with E-state index in [0.29, 0.717) is 11.4 Å². The SMILES string of the molecule is COc1ccc(NS(=O)(=O)CC(C)(C)CO)cc1. The monoisotopic (exact) mass is 273 g/mol. The van der Waals surface area contributed by atoms with Gasteiger partial charge in [0.25, 0.3) is 0 Å². The van der Waals surface area contributed by atoms with Crippen molar-refractivity contribution >= 4 is 15.7 Å². The molecule has 6 heteroatoms. The zero-order valence-corrected chi connectivity index (χ0v) is 11.6. The van der Waals surface area contributed by atoms with Crippen LogP contribution >= 0.6 is 0 Å². The summed E-state index contributed by atoms with van der Waals surface area (Å²) in [5.41, 5.74) is -0.192. The molecule has 1 aromatic carbocycles. The van der Waals surface area contributed by atoms with Crippen LogP contribution in [0.25, 0.3) is 0 Å². The number of hydrogen-bond acceptors (Lipinski definition) is 4. The van der Waals surface area contributed by atoms with Crippen molar-refractivity contribution in [2.75, 3.05) is 24.2 Å². The van der Waals surface area contributed by atoms with Gasteiger partial charge in [0.2, 0.25) is 10.0 Å². The van der Waals surface area contributed by atoms with Gasteiger partial charge in [0, 0.05) is 17.7 Å². The molecule has 0 radical (unpaired) electrons. The molecule has 5 nitrogen and oxygen atoms in total. The smallest absolute Gasteiger partial charge is 0.233 e. The van der Waals surface area contributed by atoms with E-state index in [0.717, 1.165) is 0 Å². The van der Waals surface area contributed by atoms with E-state index in [4.69, 9.17) is 9.84 Å². The van der Waals surface area contributed by atoms with Crippen molar-refractivity contribution in [3.8, 4) is 5.75 Å². The third kappa shape index (κ3) is 4.54. The Kier molecular flexibility index (Phi) is 4.59. The van der Waals surface area contributed by atoms with Crippen molar-refractivity contribution < 1.29 is 18.3 Å². The zero-order valence-electron chi connectivity index (χ0n) is 10.8. The van der Waals surface area contributed by atoms with E-state index in [1.807, 2.05) is 0 Å². The van der Waals surface area contributed by atoms with Crippen LogP contribution in [0.5, 0.6) is 5.75 Å². The summed E-state index contributed by atoms with van der Waals surface area (Å²) >= 11 is 0. The van der Waals surface area contributed by atoms with Crippen molar-refractivity contribution in [3.05, 3.63) is 24.3 Å². The molecule has 0 aliphatic rings. The molecule has 0 spiro atoms. The number of rotatable bonds is 6. The predicted octanol–water partition coefficient (Wildman–Crippen LogP) is 1.46. The normalized spacial score (nSPS) is 12.2. The highest BCUT2D eigenvalue weighted by molar-refractivity contribution is 7.92. The molecule has 1 rings (SSSR count). The Bertz CT molecular complexity index is 479. The van der Waals surface area contributed by atoms with Crippen LogP contribution in [0, 0.1) is 5.41 Å². The van der Waals surface area contributed by atoms with E-state index in [9.17, 15) is 8.42 Å². The largest absolute Gasteiger partial charge is 0.497 e. The van der Waals surface area contributed by atoms with Crippen molar-refractivity contribution in [2.45, 2.75) is 13.8 Å². The van der Waals surface area contributed by atoms with Crippen LogP contribution < -0.4 is 9.46 Å². The lowest BCUT2D eigenvalue weighted by Crippen LogP contribution is -2.31. The molecule has 0 saturated carbocycles. The van der Waals surface area contributed by atoms with Crippen LogP contribution in [0.1, 0.15) is 13.8 Å². The third-order valence-corrected chi connectivity index (χ3v) is 4.08. The Balaban J connectivity index is 2.76. The highest BCUT2D eigenvalue weighted by Gasteiger charge is 2.25. The molecule has 18 heavy (non-hydrogen) atoms. The minimum absolute atomic E-state index is 0.136. The third-order valence-electron chi connectivity index (χ3n) is 2.37. The van der Waals surface area contributed by atoms with Gasteiger partial charge in [-0.05, 0) is 24.3 Å². The number of benzene rings is 1. The first-order valence-electron chi connectivity index (χ1n) is 5.53. The Morgan fingerprint density at radius 2 is 1.83 bits per heavy atom. The van der Waals surface area contributed by atoms with Gasteiger partial charge in [0.15, 0.2) is 0 Å². The first-order valence-corrected chi connectivity index (χ1v) is 7.19. The number of aliphatic hydroxyl groups excluding tert-OH is 1. The minimum Gasteiger partial charge on any atom is -0.497 e. The minimum atomic E-state index is -3.47. The predicted molar refractivity (Wildman–Crippen MR) is 71.3 cm³/mol. The average molecular weight is 273 g/mol. The topological polar surface area (TPSA) is 75.6 Å². The molecule has 0 unspecified atom stereocenters. The molecular formula is C12H19NO4S. The summed E-state index contributed by atoms with van der Waals surface area (Å²) in [6.07, 6.45) is 0. The molecule has 0 aliphatic carbocycles. The van der Waals surface area contributed by atoms with Crippen LogP contribution in [0.4, 0.5) is 5.69 Å². The molecule has 102 valence electrons. The van der Waals surface area contributed by atoms with Crippen molar-refractivity contribution in [2.24, 2.45) is 5.41 Å². The number of methoxy groups -OCH3 is 1. The van der Waals surface area contributed by atoms with Crippen LogP contribution in [0.2, 0.25) is 0 Å². The maximum absolute atomic E-state index is 11.9. The van der Waals surface area contributed by atoms with E-state index in [-0.39, 0.29) is 12.4 Å². The highest BCUT2D eigenvalue weighted by atomic mass is 32.2. The second kappa shape index (κ2) is 5.58. The summed E-state index contributed by atoms with van der Waals surface area (Å²) in [7, 11) is -1.93. The maximum atomic E-state index is 11.9. The van der Waals surface area contributed by atoms with Crippen molar-refractivity contribution in [1.82, 2.24) is 0 Å². The van der Waals surface area contributed by atoms with Gasteiger partial charge < -0.3 is 9.84 Å². The number of ether oxygens (including phenoxy) is 1. The first-order chi connectivity index (χ1) is 8.28. The Hall–Kier alpha value is -1.27. The molecule has 0 aliphatic heterocycles. The maximum Gasteiger partial charge on any atom is 0.233 e. The van der Waals surface area contributed by atoms with Gasteiger partial charge in [-0.15, -0.1) is 0 Å². The fraction of sp³-hybridized carbons (Fsp3) is 0.500. The quantitative estimate of drug-likeness (QED) is 0.822. The highest BCUT2D eigenvalue weighted by Crippen LogP contribution is 2.20. The number of aliphatic hydroxyl groups is 1. The molecule has 0 bridgehead atoms. The summed E-state index contributed by atoms with van der Waals surface area (Å²) in [6, 6.07) is 6.61. The van der Waals surface area contributed by atoms with Crippen molar-refractivity contribution in [1.29, 1.82) is 0 Å². The Morgan fingerprint density at radius 3 is 2.28 bits per heavy atom. The van der Waals surface area contributed by atoms with Gasteiger partial charge in [0.05, 0.1) is 12.9 Å². The number of nitrogens with one attached hydrogen (secondary N) is 1. The molecule has 0 atom stereocenters. The van der Waals surface area contributed by atoms with Crippen LogP contribution in [0.15, 0.2) is 24.3 Å². The van der Waals surface area contributed by atoms with Gasteiger partial charge in [-0.2, -0.15) is 0 Å². The summed E-state index contributed by atoms with van der Waals surface area (Å²) in [4.78, 5) is 0. The summed E-state index contributed by atoms with van der Waals surface area (Å²) in [6.45, 7) is 3.21. The lowest BCUT2D eigenvalue weighted by atomic mass is 9.98. The Labute approximate surface area is 108 Å². The zero-order chi connectivity index (χ0) is 13.8. The lowest BCUT2D eigenvalue weighted by Gasteiger charge is -2.21. The van der Waals surface area contributed by atoms with Gasteiger partial charge in [-0.25, -0.2) is 8.42 Å². The fourth-order valence-corrected chi connectivity index (χ4v) is 3.12. The number of sulfonamides is 1. The lowest BCUT2D eigenvalue weighted by molar-refractivity contribution is 0.179. The second-order valence-corrected chi connectivity index (χ2v) is 6.63. The van der Waals surface area contributed by atoms with Gasteiger partial charge in [0.1, 0.15) is 5.75 Å². The Morgan fingerprint density at radius 1 is 1.28 bits per heavy atom. The standard InChI is InChI=1S/C12H19NO4S/c1-12(2,8-14)9-18(15,16)13-10-4-6-11(17-3)7-5-10/h4-7,13-14H,8-9H2,1-3H3. The van der Waals surface area contributed by atoms with Gasteiger partial charge in [-0.3, -0.25) is 4.72 Å². The molecule has 0 heterocycles. The first kappa shape index (κ1) is 14.8. The molecule has 1 aromatic rings. The average Bonchev–Trinajstić information content (AvgIpc) is 2.28. The van der Waals surface area contributed by atoms with Gasteiger partial charge in [-0.1, -0.05) is 13.8 Å². The number of anilines is 1. The van der Waals surface area contributed by atoms with Crippen LogP contribution in [-0.2, 0) is 10.0 Å². The summed E-state index contributed by atoms with van der Waals surface area (Å²) < 4.78 is 31.2. The van der Waals surface area contributed by atoms with E-state index in [2.05, 4.69) is 4.72 Å². The second-order valence-electron chi connectivity index (χ2n) is 4.91. The van der Waals surface area contributed by atoms with E-state index in [1.54, 1.807) is 45.2 Å². The van der Waals surface area contributed by atoms with Gasteiger partial charge >= 0.3 is 0 Å². The van der Waals surface area contributed by atoms with Crippen molar-refractivity contribution in [3.63, 3.8) is 0 Å². The number of hydrogen-bond donors (Lipinski definition) is 2. The fourth-order valence-electron chi connectivity index (χ4n) is 1.43. The molecule has 0 aromatic heterocycles. The van der Waals surface area contributed by atoms with Crippen LogP contribution in [-0.4, -0.2) is 33.0 Å². The van der Waals surface area contributed by atoms with E-state index in [1.165, 1.54) is 0 Å². The molecule has 0 fully saturated rings.